The second-order valence-electron chi connectivity index (χ2n) is 6.39. The largest absolute Gasteiger partial charge is 0.492 e. The van der Waals surface area contributed by atoms with Gasteiger partial charge in [-0.15, -0.1) is 0 Å². The fraction of sp³-hybridized carbons (Fsp3) is 0.300. The fourth-order valence-corrected chi connectivity index (χ4v) is 3.29. The Bertz CT molecular complexity index is 887. The summed E-state index contributed by atoms with van der Waals surface area (Å²) < 4.78 is 7.82. The lowest BCUT2D eigenvalue weighted by Gasteiger charge is -2.24. The van der Waals surface area contributed by atoms with Crippen LogP contribution in [0, 0.1) is 5.92 Å². The van der Waals surface area contributed by atoms with Crippen LogP contribution in [0.4, 0.5) is 0 Å². The number of nitrogens with zero attached hydrogens (tertiary/aromatic N) is 2. The molecule has 1 unspecified atom stereocenters. The van der Waals surface area contributed by atoms with Gasteiger partial charge in [0.05, 0.1) is 23.3 Å². The number of hydrogen-bond donors (Lipinski definition) is 1. The van der Waals surface area contributed by atoms with Crippen molar-refractivity contribution in [3.05, 3.63) is 60.4 Å². The maximum absolute atomic E-state index is 12.4. The van der Waals surface area contributed by atoms with Gasteiger partial charge in [0, 0.05) is 13.1 Å². The summed E-state index contributed by atoms with van der Waals surface area (Å²) in [6.45, 7) is 1.95. The molecule has 1 amide bonds. The summed E-state index contributed by atoms with van der Waals surface area (Å²) in [5, 5.41) is 3.04. The Morgan fingerprint density at radius 3 is 3.00 bits per heavy atom. The second-order valence-corrected chi connectivity index (χ2v) is 6.39. The smallest absolute Gasteiger partial charge is 0.226 e. The number of fused-ring (bicyclic) bond motifs is 2. The Morgan fingerprint density at radius 2 is 2.04 bits per heavy atom. The number of rotatable bonds is 5. The van der Waals surface area contributed by atoms with Crippen molar-refractivity contribution >= 4 is 16.9 Å². The first kappa shape index (κ1) is 15.7. The van der Waals surface area contributed by atoms with Crippen LogP contribution < -0.4 is 10.1 Å². The minimum absolute atomic E-state index is 0.0741. The number of carbonyl (C=O) groups is 1. The summed E-state index contributed by atoms with van der Waals surface area (Å²) in [5.41, 5.74) is 3.24. The van der Waals surface area contributed by atoms with Gasteiger partial charge in [0.15, 0.2) is 0 Å². The maximum atomic E-state index is 12.4. The van der Waals surface area contributed by atoms with Gasteiger partial charge in [-0.2, -0.15) is 0 Å². The molecule has 1 aromatic heterocycles. The summed E-state index contributed by atoms with van der Waals surface area (Å²) in [6.07, 6.45) is 3.48. The molecule has 1 aliphatic heterocycles. The van der Waals surface area contributed by atoms with Crippen molar-refractivity contribution in [1.82, 2.24) is 14.9 Å². The van der Waals surface area contributed by atoms with Crippen molar-refractivity contribution in [2.45, 2.75) is 19.4 Å². The van der Waals surface area contributed by atoms with E-state index in [9.17, 15) is 4.79 Å². The Hall–Kier alpha value is -2.82. The Balaban J connectivity index is 1.27. The molecule has 1 atom stereocenters. The van der Waals surface area contributed by atoms with Crippen LogP contribution in [0.1, 0.15) is 12.0 Å². The van der Waals surface area contributed by atoms with E-state index >= 15 is 0 Å². The van der Waals surface area contributed by atoms with Crippen LogP contribution in [0.25, 0.3) is 11.0 Å². The first-order chi connectivity index (χ1) is 12.3. The Kier molecular flexibility index (Phi) is 4.37. The third kappa shape index (κ3) is 3.36. The number of ether oxygens (including phenoxy) is 1. The van der Waals surface area contributed by atoms with E-state index in [4.69, 9.17) is 4.74 Å². The molecule has 5 nitrogen and oxygen atoms in total. The van der Waals surface area contributed by atoms with Crippen molar-refractivity contribution in [2.24, 2.45) is 5.92 Å². The lowest BCUT2D eigenvalue weighted by Crippen LogP contribution is -2.37. The molecular formula is C20H21N3O2. The second kappa shape index (κ2) is 6.97. The molecule has 1 aliphatic rings. The Labute approximate surface area is 146 Å². The monoisotopic (exact) mass is 335 g/mol. The number of imidazole rings is 1. The van der Waals surface area contributed by atoms with E-state index in [1.165, 1.54) is 0 Å². The molecule has 0 saturated carbocycles. The maximum Gasteiger partial charge on any atom is 0.226 e. The van der Waals surface area contributed by atoms with E-state index in [0.717, 1.165) is 41.7 Å². The van der Waals surface area contributed by atoms with Crippen LogP contribution in [0.3, 0.4) is 0 Å². The lowest BCUT2D eigenvalue weighted by molar-refractivity contribution is -0.126. The van der Waals surface area contributed by atoms with Gasteiger partial charge in [-0.3, -0.25) is 4.79 Å². The predicted octanol–water partition coefficient (Wildman–Crippen LogP) is 2.79. The zero-order chi connectivity index (χ0) is 17.1. The number of amides is 1. The molecule has 4 rings (SSSR count). The van der Waals surface area contributed by atoms with E-state index in [1.807, 2.05) is 48.8 Å². The average Bonchev–Trinajstić information content (AvgIpc) is 3.08. The number of aryl methyl sites for hydroxylation is 1. The lowest BCUT2D eigenvalue weighted by atomic mass is 9.96. The molecule has 0 radical (unpaired) electrons. The third-order valence-electron chi connectivity index (χ3n) is 4.65. The number of nitrogens with one attached hydrogen (secondary N) is 1. The summed E-state index contributed by atoms with van der Waals surface area (Å²) in [5.74, 6) is 0.868. The number of carbonyl (C=O) groups excluding carboxylic acids is 1. The number of benzene rings is 2. The van der Waals surface area contributed by atoms with Gasteiger partial charge in [-0.25, -0.2) is 4.98 Å². The molecule has 2 heterocycles. The van der Waals surface area contributed by atoms with Crippen LogP contribution in [0.5, 0.6) is 5.75 Å². The average molecular weight is 335 g/mol. The third-order valence-corrected chi connectivity index (χ3v) is 4.65. The van der Waals surface area contributed by atoms with E-state index in [-0.39, 0.29) is 11.8 Å². The van der Waals surface area contributed by atoms with Gasteiger partial charge in [-0.1, -0.05) is 30.3 Å². The predicted molar refractivity (Wildman–Crippen MR) is 96.5 cm³/mol. The topological polar surface area (TPSA) is 56.2 Å². The van der Waals surface area contributed by atoms with E-state index in [0.29, 0.717) is 13.2 Å². The molecule has 0 fully saturated rings. The van der Waals surface area contributed by atoms with Gasteiger partial charge in [0.2, 0.25) is 5.91 Å². The van der Waals surface area contributed by atoms with E-state index < -0.39 is 0 Å². The molecule has 5 heteroatoms. The van der Waals surface area contributed by atoms with Gasteiger partial charge in [0.1, 0.15) is 12.4 Å². The van der Waals surface area contributed by atoms with Crippen molar-refractivity contribution in [1.29, 1.82) is 0 Å². The van der Waals surface area contributed by atoms with Crippen molar-refractivity contribution < 1.29 is 9.53 Å². The molecule has 128 valence electrons. The molecule has 2 aromatic carbocycles. The molecule has 0 saturated heterocycles. The van der Waals surface area contributed by atoms with E-state index in [1.54, 1.807) is 0 Å². The highest BCUT2D eigenvalue weighted by atomic mass is 16.5. The number of aromatic nitrogens is 2. The molecule has 25 heavy (non-hydrogen) atoms. The molecule has 0 aliphatic carbocycles. The van der Waals surface area contributed by atoms with Crippen LogP contribution >= 0.6 is 0 Å². The van der Waals surface area contributed by atoms with Crippen molar-refractivity contribution in [3.8, 4) is 5.75 Å². The first-order valence-electron chi connectivity index (χ1n) is 8.69. The van der Waals surface area contributed by atoms with Crippen LogP contribution in [-0.2, 0) is 17.8 Å². The molecule has 3 aromatic rings. The number of hydrogen-bond acceptors (Lipinski definition) is 3. The normalized spacial score (nSPS) is 16.2. The molecular weight excluding hydrogens is 314 g/mol. The molecule has 1 N–H and O–H groups in total. The summed E-state index contributed by atoms with van der Waals surface area (Å²) >= 11 is 0. The molecule has 0 bridgehead atoms. The van der Waals surface area contributed by atoms with Crippen LogP contribution in [0.2, 0.25) is 0 Å². The minimum atomic E-state index is -0.107. The van der Waals surface area contributed by atoms with Crippen molar-refractivity contribution in [3.63, 3.8) is 0 Å². The molecule has 0 spiro atoms. The quantitative estimate of drug-likeness (QED) is 0.730. The summed E-state index contributed by atoms with van der Waals surface area (Å²) in [4.78, 5) is 16.8. The summed E-state index contributed by atoms with van der Waals surface area (Å²) in [6, 6.07) is 16.0. The number of para-hydroxylation sites is 3. The fourth-order valence-electron chi connectivity index (χ4n) is 3.29. The van der Waals surface area contributed by atoms with E-state index in [2.05, 4.69) is 20.9 Å². The van der Waals surface area contributed by atoms with Gasteiger partial charge < -0.3 is 14.6 Å². The van der Waals surface area contributed by atoms with Gasteiger partial charge in [-0.05, 0) is 36.6 Å². The van der Waals surface area contributed by atoms with Gasteiger partial charge >= 0.3 is 0 Å². The highest BCUT2D eigenvalue weighted by Gasteiger charge is 2.25. The standard InChI is InChI=1S/C20H21N3O2/c24-20(16-12-15-6-1-4-9-19(15)25-13-16)21-10-5-11-23-14-22-17-7-2-3-8-18(17)23/h1-4,6-9,14,16H,5,10-13H2,(H,21,24). The SMILES string of the molecule is O=C(NCCCn1cnc2ccccc21)C1COc2ccccc2C1. The van der Waals surface area contributed by atoms with Crippen molar-refractivity contribution in [2.75, 3.05) is 13.2 Å². The minimum Gasteiger partial charge on any atom is -0.492 e. The highest BCUT2D eigenvalue weighted by Crippen LogP contribution is 2.26. The highest BCUT2D eigenvalue weighted by molar-refractivity contribution is 5.79. The zero-order valence-corrected chi connectivity index (χ0v) is 14.0. The Morgan fingerprint density at radius 1 is 1.20 bits per heavy atom. The summed E-state index contributed by atoms with van der Waals surface area (Å²) in [7, 11) is 0. The first-order valence-corrected chi connectivity index (χ1v) is 8.69. The van der Waals surface area contributed by atoms with Gasteiger partial charge in [0.25, 0.3) is 0 Å². The van der Waals surface area contributed by atoms with Crippen LogP contribution in [-0.4, -0.2) is 28.6 Å². The zero-order valence-electron chi connectivity index (χ0n) is 14.0. The van der Waals surface area contributed by atoms with Crippen LogP contribution in [0.15, 0.2) is 54.9 Å².